The summed E-state index contributed by atoms with van der Waals surface area (Å²) < 4.78 is 0. The van der Waals surface area contributed by atoms with Gasteiger partial charge in [-0.15, -0.1) is 0 Å². The molecule has 0 aromatic rings. The third kappa shape index (κ3) is 3.33. The minimum atomic E-state index is -1.09. The van der Waals surface area contributed by atoms with Crippen molar-refractivity contribution in [2.75, 3.05) is 6.61 Å². The lowest BCUT2D eigenvalue weighted by molar-refractivity contribution is -0.142. The number of carboxylic acids is 1. The number of aliphatic carboxylic acids is 1. The maximum absolute atomic E-state index is 10.6. The third-order valence-electron chi connectivity index (χ3n) is 1.19. The van der Waals surface area contributed by atoms with E-state index in [1.54, 1.807) is 0 Å². The molecular formula is C8H7NO4. The number of hydrogen-bond donors (Lipinski definition) is 1. The lowest BCUT2D eigenvalue weighted by Gasteiger charge is -1.98. The van der Waals surface area contributed by atoms with Crippen molar-refractivity contribution in [3.05, 3.63) is 24.3 Å². The van der Waals surface area contributed by atoms with Gasteiger partial charge in [0.25, 0.3) is 0 Å². The van der Waals surface area contributed by atoms with E-state index in [1.807, 2.05) is 0 Å². The molecule has 0 saturated carbocycles. The Hall–Kier alpha value is -1.91. The highest BCUT2D eigenvalue weighted by Gasteiger charge is 2.00. The molecular weight excluding hydrogens is 174 g/mol. The van der Waals surface area contributed by atoms with Gasteiger partial charge in [0.1, 0.15) is 5.71 Å². The number of ketones is 1. The molecule has 1 N–H and O–H groups in total. The van der Waals surface area contributed by atoms with E-state index in [0.29, 0.717) is 5.71 Å². The Labute approximate surface area is 74.0 Å². The Morgan fingerprint density at radius 3 is 2.54 bits per heavy atom. The second-order valence-corrected chi connectivity index (χ2v) is 2.25. The number of carbonyl (C=O) groups excluding carboxylic acids is 1. The van der Waals surface area contributed by atoms with Crippen molar-refractivity contribution in [2.45, 2.75) is 0 Å². The monoisotopic (exact) mass is 181 g/mol. The minimum Gasteiger partial charge on any atom is -0.479 e. The Balaban J connectivity index is 2.45. The van der Waals surface area contributed by atoms with Gasteiger partial charge in [0.05, 0.1) is 0 Å². The number of carbonyl (C=O) groups is 2. The van der Waals surface area contributed by atoms with E-state index < -0.39 is 12.6 Å². The van der Waals surface area contributed by atoms with Crippen LogP contribution in [-0.4, -0.2) is 29.2 Å². The van der Waals surface area contributed by atoms with Crippen molar-refractivity contribution in [1.29, 1.82) is 0 Å². The number of carboxylic acid groups (broad SMARTS) is 1. The Morgan fingerprint density at radius 2 is 2.00 bits per heavy atom. The molecule has 13 heavy (non-hydrogen) atoms. The van der Waals surface area contributed by atoms with E-state index in [4.69, 9.17) is 5.11 Å². The van der Waals surface area contributed by atoms with Crippen LogP contribution in [0, 0.1) is 0 Å². The molecule has 0 fully saturated rings. The van der Waals surface area contributed by atoms with Crippen LogP contribution in [0.15, 0.2) is 29.5 Å². The van der Waals surface area contributed by atoms with Crippen LogP contribution in [0.4, 0.5) is 0 Å². The predicted molar refractivity (Wildman–Crippen MR) is 44.3 cm³/mol. The van der Waals surface area contributed by atoms with Gasteiger partial charge in [0.15, 0.2) is 5.78 Å². The van der Waals surface area contributed by atoms with Crippen molar-refractivity contribution in [2.24, 2.45) is 5.16 Å². The van der Waals surface area contributed by atoms with Crippen molar-refractivity contribution >= 4 is 17.5 Å². The summed E-state index contributed by atoms with van der Waals surface area (Å²) in [5.74, 6) is -1.22. The first-order valence-electron chi connectivity index (χ1n) is 3.50. The fraction of sp³-hybridized carbons (Fsp3) is 0.125. The fourth-order valence-electron chi connectivity index (χ4n) is 0.669. The number of rotatable bonds is 3. The summed E-state index contributed by atoms with van der Waals surface area (Å²) in [5.41, 5.74) is 0.417. The van der Waals surface area contributed by atoms with Gasteiger partial charge in [-0.3, -0.25) is 4.79 Å². The van der Waals surface area contributed by atoms with E-state index in [1.165, 1.54) is 24.3 Å². The molecule has 5 heteroatoms. The minimum absolute atomic E-state index is 0.128. The summed E-state index contributed by atoms with van der Waals surface area (Å²) in [4.78, 5) is 25.1. The highest BCUT2D eigenvalue weighted by molar-refractivity contribution is 6.16. The first-order valence-corrected chi connectivity index (χ1v) is 3.50. The van der Waals surface area contributed by atoms with Crippen molar-refractivity contribution < 1.29 is 19.5 Å². The normalized spacial score (nSPS) is 14.5. The standard InChI is InChI=1S/C8H7NO4/c10-7-3-1-6(2-4-7)9-13-5-8(11)12/h1-4H,5H2,(H,11,12). The van der Waals surface area contributed by atoms with Gasteiger partial charge < -0.3 is 9.94 Å². The van der Waals surface area contributed by atoms with Crippen LogP contribution in [0.5, 0.6) is 0 Å². The summed E-state index contributed by atoms with van der Waals surface area (Å²) in [6.45, 7) is -0.487. The molecule has 1 aliphatic carbocycles. The molecule has 0 aromatic heterocycles. The van der Waals surface area contributed by atoms with Gasteiger partial charge in [-0.2, -0.15) is 0 Å². The SMILES string of the molecule is O=C1C=CC(=NOCC(=O)O)C=C1. The van der Waals surface area contributed by atoms with Gasteiger partial charge in [-0.25, -0.2) is 4.79 Å². The van der Waals surface area contributed by atoms with Crippen molar-refractivity contribution in [1.82, 2.24) is 0 Å². The van der Waals surface area contributed by atoms with Crippen LogP contribution in [0.2, 0.25) is 0 Å². The number of allylic oxidation sites excluding steroid dienone is 4. The average molecular weight is 181 g/mol. The fourth-order valence-corrected chi connectivity index (χ4v) is 0.669. The lowest BCUT2D eigenvalue weighted by atomic mass is 10.2. The molecule has 68 valence electrons. The van der Waals surface area contributed by atoms with Crippen LogP contribution in [-0.2, 0) is 14.4 Å². The number of nitrogens with zero attached hydrogens (tertiary/aromatic N) is 1. The molecule has 0 atom stereocenters. The molecule has 0 spiro atoms. The molecule has 1 aliphatic rings. The summed E-state index contributed by atoms with van der Waals surface area (Å²) in [6.07, 6.45) is 5.54. The van der Waals surface area contributed by atoms with E-state index in [9.17, 15) is 9.59 Å². The van der Waals surface area contributed by atoms with Crippen LogP contribution < -0.4 is 0 Å². The summed E-state index contributed by atoms with van der Waals surface area (Å²) in [6, 6.07) is 0. The van der Waals surface area contributed by atoms with E-state index in [2.05, 4.69) is 9.99 Å². The number of oxime groups is 1. The van der Waals surface area contributed by atoms with Gasteiger partial charge in [-0.05, 0) is 24.3 Å². The Kier molecular flexibility index (Phi) is 2.97. The molecule has 0 aliphatic heterocycles. The topological polar surface area (TPSA) is 76.0 Å². The zero-order valence-corrected chi connectivity index (χ0v) is 6.64. The van der Waals surface area contributed by atoms with Gasteiger partial charge in [0, 0.05) is 0 Å². The second kappa shape index (κ2) is 4.20. The van der Waals surface area contributed by atoms with Crippen molar-refractivity contribution in [3.63, 3.8) is 0 Å². The average Bonchev–Trinajstić information content (AvgIpc) is 2.08. The molecule has 0 unspecified atom stereocenters. The maximum atomic E-state index is 10.6. The molecule has 5 nitrogen and oxygen atoms in total. The zero-order chi connectivity index (χ0) is 9.68. The predicted octanol–water partition coefficient (Wildman–Crippen LogP) is 0.139. The Bertz CT molecular complexity index is 296. The zero-order valence-electron chi connectivity index (χ0n) is 6.64. The lowest BCUT2D eigenvalue weighted by Crippen LogP contribution is -2.06. The van der Waals surface area contributed by atoms with E-state index >= 15 is 0 Å². The van der Waals surface area contributed by atoms with Crippen LogP contribution >= 0.6 is 0 Å². The van der Waals surface area contributed by atoms with Crippen LogP contribution in [0.1, 0.15) is 0 Å². The van der Waals surface area contributed by atoms with Gasteiger partial charge >= 0.3 is 5.97 Å². The molecule has 0 aromatic carbocycles. The summed E-state index contributed by atoms with van der Waals surface area (Å²) in [5, 5.41) is 11.7. The first-order chi connectivity index (χ1) is 6.18. The largest absolute Gasteiger partial charge is 0.479 e. The summed E-state index contributed by atoms with van der Waals surface area (Å²) in [7, 11) is 0. The second-order valence-electron chi connectivity index (χ2n) is 2.25. The first kappa shape index (κ1) is 9.18. The van der Waals surface area contributed by atoms with Gasteiger partial charge in [-0.1, -0.05) is 5.16 Å². The molecule has 0 bridgehead atoms. The summed E-state index contributed by atoms with van der Waals surface area (Å²) >= 11 is 0. The van der Waals surface area contributed by atoms with Crippen LogP contribution in [0.3, 0.4) is 0 Å². The highest BCUT2D eigenvalue weighted by Crippen LogP contribution is 1.95. The molecule has 0 amide bonds. The van der Waals surface area contributed by atoms with Gasteiger partial charge in [0.2, 0.25) is 6.61 Å². The molecule has 1 rings (SSSR count). The van der Waals surface area contributed by atoms with E-state index in [-0.39, 0.29) is 5.78 Å². The molecule has 0 saturated heterocycles. The van der Waals surface area contributed by atoms with E-state index in [0.717, 1.165) is 0 Å². The maximum Gasteiger partial charge on any atom is 0.344 e. The molecule has 0 heterocycles. The quantitative estimate of drug-likeness (QED) is 0.496. The Morgan fingerprint density at radius 1 is 1.38 bits per heavy atom. The number of hydrogen-bond acceptors (Lipinski definition) is 4. The third-order valence-corrected chi connectivity index (χ3v) is 1.19. The molecule has 0 radical (unpaired) electrons. The van der Waals surface area contributed by atoms with Crippen molar-refractivity contribution in [3.8, 4) is 0 Å². The smallest absolute Gasteiger partial charge is 0.344 e. The van der Waals surface area contributed by atoms with Crippen LogP contribution in [0.25, 0.3) is 0 Å². The highest BCUT2D eigenvalue weighted by atomic mass is 16.6.